The molecule has 4 aromatic rings. The Morgan fingerprint density at radius 2 is 1.79 bits per heavy atom. The number of nitrogens with one attached hydrogen (secondary N) is 1. The second kappa shape index (κ2) is 8.95. The second-order valence-corrected chi connectivity index (χ2v) is 13.0. The van der Waals surface area contributed by atoms with E-state index in [-0.39, 0.29) is 10.8 Å². The highest BCUT2D eigenvalue weighted by Gasteiger charge is 2.28. The van der Waals surface area contributed by atoms with E-state index in [0.717, 1.165) is 37.6 Å². The number of rotatable bonds is 5. The van der Waals surface area contributed by atoms with Crippen LogP contribution >= 0.6 is 34.4 Å². The van der Waals surface area contributed by atoms with Gasteiger partial charge in [0.05, 0.1) is 25.3 Å². The normalized spacial score (nSPS) is 17.6. The van der Waals surface area contributed by atoms with E-state index in [0.29, 0.717) is 29.7 Å². The predicted molar refractivity (Wildman–Crippen MR) is 136 cm³/mol. The topological polar surface area (TPSA) is 92.3 Å². The number of aromatic nitrogens is 2. The molecule has 2 aromatic carbocycles. The number of amides is 1. The molecule has 1 aliphatic heterocycles. The summed E-state index contributed by atoms with van der Waals surface area (Å²) < 4.78 is 30.5. The Balaban J connectivity index is 1.35. The highest BCUT2D eigenvalue weighted by molar-refractivity contribution is 8.00. The second-order valence-electron chi connectivity index (χ2n) is 8.05. The molecule has 1 amide bonds. The number of anilines is 1. The van der Waals surface area contributed by atoms with Gasteiger partial charge in [0.25, 0.3) is 5.91 Å². The molecule has 7 nitrogen and oxygen atoms in total. The largest absolute Gasteiger partial charge is 0.298 e. The van der Waals surface area contributed by atoms with Gasteiger partial charge in [0.1, 0.15) is 0 Å². The quantitative estimate of drug-likeness (QED) is 0.361. The number of thioether (sulfide) groups is 1. The summed E-state index contributed by atoms with van der Waals surface area (Å²) in [5.41, 5.74) is 2.13. The molecule has 2 aromatic heterocycles. The number of hydrogen-bond acceptors (Lipinski definition) is 8. The molecular formula is C22H22N4O3S4. The number of nitrogens with zero attached hydrogens (tertiary/aromatic N) is 3. The van der Waals surface area contributed by atoms with Gasteiger partial charge in [-0.05, 0) is 61.4 Å². The van der Waals surface area contributed by atoms with Crippen molar-refractivity contribution in [3.8, 4) is 0 Å². The van der Waals surface area contributed by atoms with Crippen LogP contribution in [0.3, 0.4) is 0 Å². The van der Waals surface area contributed by atoms with E-state index >= 15 is 0 Å². The number of carbonyl (C=O) groups is 1. The van der Waals surface area contributed by atoms with E-state index in [1.165, 1.54) is 23.5 Å². The molecule has 172 valence electrons. The van der Waals surface area contributed by atoms with Crippen molar-refractivity contribution in [2.24, 2.45) is 5.92 Å². The molecular weight excluding hydrogens is 497 g/mol. The third-order valence-electron chi connectivity index (χ3n) is 5.66. The molecule has 5 rings (SSSR count). The van der Waals surface area contributed by atoms with Crippen molar-refractivity contribution in [3.05, 3.63) is 42.0 Å². The minimum Gasteiger partial charge on any atom is -0.298 e. The summed E-state index contributed by atoms with van der Waals surface area (Å²) in [6.07, 6.45) is 3.91. The fraction of sp³-hybridized carbons (Fsp3) is 0.318. The van der Waals surface area contributed by atoms with Crippen LogP contribution in [0.1, 0.15) is 30.1 Å². The first-order valence-corrected chi connectivity index (χ1v) is 14.8. The van der Waals surface area contributed by atoms with E-state index in [2.05, 4.69) is 22.2 Å². The van der Waals surface area contributed by atoms with Gasteiger partial charge in [-0.2, -0.15) is 4.31 Å². The number of carbonyl (C=O) groups excluding carboxylic acids is 1. The van der Waals surface area contributed by atoms with Crippen LogP contribution in [0.15, 0.2) is 45.6 Å². The highest BCUT2D eigenvalue weighted by atomic mass is 32.2. The summed E-state index contributed by atoms with van der Waals surface area (Å²) in [6.45, 7) is 3.14. The molecule has 0 aliphatic carbocycles. The molecule has 1 atom stereocenters. The van der Waals surface area contributed by atoms with Crippen LogP contribution in [0, 0.1) is 5.92 Å². The first-order chi connectivity index (χ1) is 15.8. The lowest BCUT2D eigenvalue weighted by Crippen LogP contribution is -2.39. The summed E-state index contributed by atoms with van der Waals surface area (Å²) in [5, 5.41) is 3.35. The van der Waals surface area contributed by atoms with E-state index in [1.54, 1.807) is 39.5 Å². The molecule has 1 saturated heterocycles. The molecule has 0 saturated carbocycles. The van der Waals surface area contributed by atoms with Crippen LogP contribution < -0.4 is 5.32 Å². The van der Waals surface area contributed by atoms with Crippen molar-refractivity contribution in [1.82, 2.24) is 14.3 Å². The van der Waals surface area contributed by atoms with Crippen molar-refractivity contribution >= 4 is 75.9 Å². The lowest BCUT2D eigenvalue weighted by molar-refractivity contribution is 0.102. The van der Waals surface area contributed by atoms with Gasteiger partial charge >= 0.3 is 0 Å². The molecule has 11 heteroatoms. The molecule has 3 heterocycles. The fourth-order valence-corrected chi connectivity index (χ4v) is 8.21. The maximum atomic E-state index is 12.9. The van der Waals surface area contributed by atoms with E-state index in [4.69, 9.17) is 0 Å². The summed E-state index contributed by atoms with van der Waals surface area (Å²) in [5.74, 6) is 0.0286. The van der Waals surface area contributed by atoms with Gasteiger partial charge in [-0.1, -0.05) is 30.0 Å². The maximum absolute atomic E-state index is 12.9. The average molecular weight is 519 g/mol. The summed E-state index contributed by atoms with van der Waals surface area (Å²) in [6, 6.07) is 9.97. The number of hydrogen-bond donors (Lipinski definition) is 1. The van der Waals surface area contributed by atoms with Gasteiger partial charge in [0.2, 0.25) is 10.0 Å². The SMILES string of the molecule is CSc1nc2ccc3nc(NC(=O)c4ccc(S(=O)(=O)N5CCC[C@H](C)C5)cc4)sc3c2s1. The van der Waals surface area contributed by atoms with Gasteiger partial charge < -0.3 is 0 Å². The molecule has 0 unspecified atom stereocenters. The third-order valence-corrected chi connectivity index (χ3v) is 10.7. The average Bonchev–Trinajstić information content (AvgIpc) is 3.42. The Morgan fingerprint density at radius 3 is 2.48 bits per heavy atom. The first-order valence-electron chi connectivity index (χ1n) is 10.5. The van der Waals surface area contributed by atoms with Gasteiger partial charge in [-0.3, -0.25) is 10.1 Å². The van der Waals surface area contributed by atoms with Crippen LogP contribution in [-0.2, 0) is 10.0 Å². The smallest absolute Gasteiger partial charge is 0.257 e. The maximum Gasteiger partial charge on any atom is 0.257 e. The van der Waals surface area contributed by atoms with Crippen molar-refractivity contribution in [2.45, 2.75) is 29.0 Å². The Morgan fingerprint density at radius 1 is 1.09 bits per heavy atom. The van der Waals surface area contributed by atoms with Crippen molar-refractivity contribution in [2.75, 3.05) is 24.7 Å². The van der Waals surface area contributed by atoms with E-state index < -0.39 is 10.0 Å². The number of piperidine rings is 1. The van der Waals surface area contributed by atoms with Gasteiger partial charge in [0, 0.05) is 18.7 Å². The summed E-state index contributed by atoms with van der Waals surface area (Å²) in [7, 11) is -3.55. The molecule has 1 aliphatic rings. The van der Waals surface area contributed by atoms with Gasteiger partial charge in [-0.15, -0.1) is 11.3 Å². The van der Waals surface area contributed by atoms with Crippen LogP contribution in [0.25, 0.3) is 20.4 Å². The van der Waals surface area contributed by atoms with E-state index in [1.807, 2.05) is 18.4 Å². The fourth-order valence-electron chi connectivity index (χ4n) is 3.95. The lowest BCUT2D eigenvalue weighted by Gasteiger charge is -2.30. The van der Waals surface area contributed by atoms with Crippen LogP contribution in [0.5, 0.6) is 0 Å². The summed E-state index contributed by atoms with van der Waals surface area (Å²) in [4.78, 5) is 22.1. The van der Waals surface area contributed by atoms with E-state index in [9.17, 15) is 13.2 Å². The number of sulfonamides is 1. The zero-order chi connectivity index (χ0) is 23.2. The molecule has 1 fully saturated rings. The summed E-state index contributed by atoms with van der Waals surface area (Å²) >= 11 is 4.64. The zero-order valence-electron chi connectivity index (χ0n) is 18.1. The Kier molecular flexibility index (Phi) is 6.17. The Hall–Kier alpha value is -2.05. The number of benzene rings is 2. The minimum atomic E-state index is -3.55. The van der Waals surface area contributed by atoms with Crippen molar-refractivity contribution in [3.63, 3.8) is 0 Å². The molecule has 1 N–H and O–H groups in total. The molecule has 0 spiro atoms. The van der Waals surface area contributed by atoms with Crippen molar-refractivity contribution in [1.29, 1.82) is 0 Å². The Labute approximate surface area is 204 Å². The first kappa shape index (κ1) is 22.7. The monoisotopic (exact) mass is 518 g/mol. The molecule has 0 radical (unpaired) electrons. The van der Waals surface area contributed by atoms with Gasteiger partial charge in [-0.25, -0.2) is 18.4 Å². The van der Waals surface area contributed by atoms with Crippen LogP contribution in [0.2, 0.25) is 0 Å². The standard InChI is InChI=1S/C22H22N4O3S4/c1-13-4-3-11-26(12-13)33(28,29)15-7-5-14(6-8-15)20(27)25-21-23-16-9-10-17-19(18(16)31-21)32-22(24-17)30-2/h5-10,13H,3-4,11-12H2,1-2H3,(H,23,25,27)/t13-/m0/s1. The van der Waals surface area contributed by atoms with Crippen LogP contribution in [0.4, 0.5) is 5.13 Å². The van der Waals surface area contributed by atoms with Gasteiger partial charge in [0.15, 0.2) is 9.47 Å². The van der Waals surface area contributed by atoms with Crippen molar-refractivity contribution < 1.29 is 13.2 Å². The molecule has 33 heavy (non-hydrogen) atoms. The predicted octanol–water partition coefficient (Wildman–Crippen LogP) is 5.30. The van der Waals surface area contributed by atoms with Crippen LogP contribution in [-0.4, -0.2) is 47.9 Å². The number of thiazole rings is 2. The third kappa shape index (κ3) is 4.40. The molecule has 0 bridgehead atoms. The number of fused-ring (bicyclic) bond motifs is 3. The minimum absolute atomic E-state index is 0.213. The highest BCUT2D eigenvalue weighted by Crippen LogP contribution is 2.38. The lowest BCUT2D eigenvalue weighted by atomic mass is 10.0. The zero-order valence-corrected chi connectivity index (χ0v) is 21.3. The Bertz CT molecular complexity index is 1440.